The molecule has 1 aliphatic rings. The zero-order valence-electron chi connectivity index (χ0n) is 22.1. The molecule has 1 aromatic heterocycles. The summed E-state index contributed by atoms with van der Waals surface area (Å²) in [6.07, 6.45) is 3.77. The number of ether oxygens (including phenoxy) is 1. The van der Waals surface area contributed by atoms with Gasteiger partial charge in [-0.3, -0.25) is 20.3 Å². The van der Waals surface area contributed by atoms with Crippen LogP contribution in [0.15, 0.2) is 48.6 Å². The molecule has 2 heterocycles. The van der Waals surface area contributed by atoms with Crippen LogP contribution in [0, 0.1) is 12.3 Å². The van der Waals surface area contributed by atoms with Crippen molar-refractivity contribution in [2.75, 3.05) is 25.0 Å². The van der Waals surface area contributed by atoms with Gasteiger partial charge in [0.15, 0.2) is 5.78 Å². The molecule has 0 radical (unpaired) electrons. The van der Waals surface area contributed by atoms with E-state index >= 15 is 0 Å². The molecule has 0 spiro atoms. The Labute approximate surface area is 239 Å². The van der Waals surface area contributed by atoms with Crippen molar-refractivity contribution in [3.63, 3.8) is 0 Å². The number of aryl methyl sites for hydroxylation is 1. The van der Waals surface area contributed by atoms with E-state index in [1.807, 2.05) is 43.3 Å². The smallest absolute Gasteiger partial charge is 0.319 e. The normalized spacial score (nSPS) is 15.6. The number of halogens is 2. The van der Waals surface area contributed by atoms with Gasteiger partial charge in [0.1, 0.15) is 17.2 Å². The summed E-state index contributed by atoms with van der Waals surface area (Å²) in [5.41, 5.74) is 9.12. The number of rotatable bonds is 11. The number of nitrogen functional groups attached to an aromatic ring is 1. The number of imidazole rings is 1. The second-order valence-corrected chi connectivity index (χ2v) is 9.12. The minimum absolute atomic E-state index is 0. The number of nitrogens with zero attached hydrogens (tertiary/aromatic N) is 1. The van der Waals surface area contributed by atoms with E-state index in [1.54, 1.807) is 26.0 Å². The van der Waals surface area contributed by atoms with Crippen LogP contribution in [0.25, 0.3) is 11.0 Å². The van der Waals surface area contributed by atoms with E-state index in [-0.39, 0.29) is 49.6 Å². The number of fused-ring (bicyclic) bond motifs is 1. The Morgan fingerprint density at radius 3 is 2.54 bits per heavy atom. The maximum atomic E-state index is 13.7. The summed E-state index contributed by atoms with van der Waals surface area (Å²) >= 11 is 0. The molecule has 3 aromatic rings. The standard InChI is InChI=1S/C27H33N7O3.2ClH/c1-4-37-23(35)15-32-27(3,25(36)21-6-5-13-30-21)19-11-12-20-24(16(19)2)34-22(33-20)14-31-18-9-7-17(8-10-18)26(28)29;;/h5-12,21,30-32H,4,13-15H2,1-3H3,(H3,28,29)(H,33,34);2*1H. The predicted molar refractivity (Wildman–Crippen MR) is 158 cm³/mol. The second kappa shape index (κ2) is 13.6. The number of carbonyl (C=O) groups excluding carboxylic acids is 2. The van der Waals surface area contributed by atoms with Gasteiger partial charge in [-0.25, -0.2) is 4.98 Å². The van der Waals surface area contributed by atoms with Crippen molar-refractivity contribution in [1.29, 1.82) is 5.41 Å². The van der Waals surface area contributed by atoms with Gasteiger partial charge in [0.2, 0.25) is 0 Å². The first-order chi connectivity index (χ1) is 17.7. The molecule has 0 saturated heterocycles. The summed E-state index contributed by atoms with van der Waals surface area (Å²) in [6, 6.07) is 10.7. The van der Waals surface area contributed by atoms with Crippen LogP contribution in [-0.2, 0) is 26.4 Å². The number of carbonyl (C=O) groups is 2. The molecule has 10 nitrogen and oxygen atoms in total. The Bertz CT molecular complexity index is 1360. The highest BCUT2D eigenvalue weighted by Crippen LogP contribution is 2.31. The number of amidine groups is 1. The van der Waals surface area contributed by atoms with E-state index in [4.69, 9.17) is 20.9 Å². The van der Waals surface area contributed by atoms with Gasteiger partial charge in [-0.15, -0.1) is 24.8 Å². The molecular weight excluding hydrogens is 541 g/mol. The highest BCUT2D eigenvalue weighted by Gasteiger charge is 2.40. The number of nitrogens with one attached hydrogen (secondary N) is 5. The van der Waals surface area contributed by atoms with Crippen molar-refractivity contribution in [2.45, 2.75) is 38.9 Å². The quantitative estimate of drug-likeness (QED) is 0.0880. The van der Waals surface area contributed by atoms with E-state index in [9.17, 15) is 9.59 Å². The number of aromatic nitrogens is 2. The topological polar surface area (TPSA) is 158 Å². The molecule has 4 rings (SSSR count). The number of H-pyrrole nitrogens is 1. The van der Waals surface area contributed by atoms with Crippen molar-refractivity contribution >= 4 is 59.1 Å². The molecule has 2 atom stereocenters. The summed E-state index contributed by atoms with van der Waals surface area (Å²) < 4.78 is 5.08. The lowest BCUT2D eigenvalue weighted by Gasteiger charge is -2.33. The Morgan fingerprint density at radius 1 is 1.21 bits per heavy atom. The molecule has 12 heteroatoms. The van der Waals surface area contributed by atoms with Crippen molar-refractivity contribution in [2.24, 2.45) is 5.73 Å². The minimum atomic E-state index is -1.15. The Balaban J connectivity index is 0.00000267. The molecule has 0 aliphatic carbocycles. The van der Waals surface area contributed by atoms with Gasteiger partial charge < -0.3 is 26.1 Å². The maximum Gasteiger partial charge on any atom is 0.319 e. The molecule has 7 N–H and O–H groups in total. The zero-order valence-corrected chi connectivity index (χ0v) is 23.7. The van der Waals surface area contributed by atoms with Crippen LogP contribution in [0.5, 0.6) is 0 Å². The summed E-state index contributed by atoms with van der Waals surface area (Å²) in [5, 5.41) is 17.2. The molecule has 1 aliphatic heterocycles. The average molecular weight is 577 g/mol. The van der Waals surface area contributed by atoms with Crippen LogP contribution in [-0.4, -0.2) is 53.3 Å². The van der Waals surface area contributed by atoms with Crippen LogP contribution in [0.1, 0.15) is 36.4 Å². The number of benzene rings is 2. The van der Waals surface area contributed by atoms with Gasteiger partial charge in [0.25, 0.3) is 0 Å². The third kappa shape index (κ3) is 6.96. The van der Waals surface area contributed by atoms with Gasteiger partial charge >= 0.3 is 5.97 Å². The highest BCUT2D eigenvalue weighted by molar-refractivity contribution is 5.97. The summed E-state index contributed by atoms with van der Waals surface area (Å²) in [4.78, 5) is 33.9. The van der Waals surface area contributed by atoms with E-state index in [0.717, 1.165) is 33.7 Å². The van der Waals surface area contributed by atoms with E-state index in [0.29, 0.717) is 18.7 Å². The van der Waals surface area contributed by atoms with E-state index in [1.165, 1.54) is 0 Å². The van der Waals surface area contributed by atoms with Crippen molar-refractivity contribution < 1.29 is 14.3 Å². The SMILES string of the molecule is CCOC(=O)CNC(C)(C(=O)C1C=CCN1)c1ccc2[nH]c(CNc3ccc(C(=N)N)cc3)nc2c1C.Cl.Cl. The summed E-state index contributed by atoms with van der Waals surface area (Å²) in [7, 11) is 0. The van der Waals surface area contributed by atoms with Gasteiger partial charge in [0, 0.05) is 17.8 Å². The Kier molecular flexibility index (Phi) is 11.1. The third-order valence-electron chi connectivity index (χ3n) is 6.60. The molecule has 0 fully saturated rings. The number of hydrogen-bond donors (Lipinski definition) is 6. The lowest BCUT2D eigenvalue weighted by molar-refractivity contribution is -0.142. The molecule has 0 amide bonds. The van der Waals surface area contributed by atoms with Crippen molar-refractivity contribution in [3.8, 4) is 0 Å². The number of nitrogens with two attached hydrogens (primary N) is 1. The van der Waals surface area contributed by atoms with Gasteiger partial charge in [-0.2, -0.15) is 0 Å². The number of ketones is 1. The lowest BCUT2D eigenvalue weighted by Crippen LogP contribution is -2.54. The van der Waals surface area contributed by atoms with Crippen LogP contribution in [0.2, 0.25) is 0 Å². The van der Waals surface area contributed by atoms with Crippen LogP contribution < -0.4 is 21.7 Å². The van der Waals surface area contributed by atoms with Gasteiger partial charge in [0.05, 0.1) is 36.8 Å². The molecular formula is C27H35Cl2N7O3. The second-order valence-electron chi connectivity index (χ2n) is 9.12. The van der Waals surface area contributed by atoms with Crippen LogP contribution >= 0.6 is 24.8 Å². The summed E-state index contributed by atoms with van der Waals surface area (Å²) in [6.45, 7) is 6.74. The largest absolute Gasteiger partial charge is 0.465 e. The highest BCUT2D eigenvalue weighted by atomic mass is 35.5. The fourth-order valence-corrected chi connectivity index (χ4v) is 4.58. The Morgan fingerprint density at radius 2 is 1.92 bits per heavy atom. The summed E-state index contributed by atoms with van der Waals surface area (Å²) in [5.74, 6) is 0.259. The molecule has 39 heavy (non-hydrogen) atoms. The monoisotopic (exact) mass is 575 g/mol. The van der Waals surface area contributed by atoms with E-state index in [2.05, 4.69) is 20.9 Å². The van der Waals surface area contributed by atoms with Gasteiger partial charge in [-0.05, 0) is 62.2 Å². The molecule has 0 bridgehead atoms. The first kappa shape index (κ1) is 31.8. The number of anilines is 1. The van der Waals surface area contributed by atoms with Crippen LogP contribution in [0.3, 0.4) is 0 Å². The fourth-order valence-electron chi connectivity index (χ4n) is 4.58. The Hall–Kier alpha value is -3.44. The van der Waals surface area contributed by atoms with E-state index < -0.39 is 17.6 Å². The van der Waals surface area contributed by atoms with Crippen LogP contribution in [0.4, 0.5) is 5.69 Å². The number of aromatic amines is 1. The number of hydrogen-bond acceptors (Lipinski definition) is 8. The number of Topliss-reactive ketones (excluding diaryl/α,β-unsaturated/α-hetero) is 1. The van der Waals surface area contributed by atoms with Gasteiger partial charge in [-0.1, -0.05) is 18.2 Å². The predicted octanol–water partition coefficient (Wildman–Crippen LogP) is 3.08. The average Bonchev–Trinajstić information content (AvgIpc) is 3.57. The fraction of sp³-hybridized carbons (Fsp3) is 0.333. The minimum Gasteiger partial charge on any atom is -0.465 e. The molecule has 0 saturated carbocycles. The van der Waals surface area contributed by atoms with Crippen molar-refractivity contribution in [3.05, 3.63) is 71.1 Å². The number of esters is 1. The third-order valence-corrected chi connectivity index (χ3v) is 6.60. The lowest BCUT2D eigenvalue weighted by atomic mass is 9.81. The molecule has 2 unspecified atom stereocenters. The molecule has 2 aromatic carbocycles. The zero-order chi connectivity index (χ0) is 26.6. The molecule has 210 valence electrons. The first-order valence-electron chi connectivity index (χ1n) is 12.2. The first-order valence-corrected chi connectivity index (χ1v) is 12.2. The maximum absolute atomic E-state index is 13.7. The van der Waals surface area contributed by atoms with Crippen molar-refractivity contribution in [1.82, 2.24) is 20.6 Å².